The van der Waals surface area contributed by atoms with Gasteiger partial charge in [-0.1, -0.05) is 68.0 Å². The Kier molecular flexibility index (Phi) is 13.9. The molecular weight excluding hydrogens is 468 g/mol. The molecule has 0 amide bonds. The van der Waals surface area contributed by atoms with Crippen LogP contribution in [0.4, 0.5) is 0 Å². The molecule has 0 spiro atoms. The second kappa shape index (κ2) is 14.9. The number of hydrogen-bond donors (Lipinski definition) is 0. The predicted octanol–water partition coefficient (Wildman–Crippen LogP) is 8.78. The minimum Gasteiger partial charge on any atom is -0.358 e. The molecular formula is C29H32SiZr. The normalized spacial score (nSPS) is 9.13. The van der Waals surface area contributed by atoms with Crippen LogP contribution >= 0.6 is 0 Å². The average Bonchev–Trinajstić information content (AvgIpc) is 3.35. The molecule has 0 saturated heterocycles. The first-order chi connectivity index (χ1) is 13.7. The van der Waals surface area contributed by atoms with E-state index in [0.29, 0.717) is 0 Å². The van der Waals surface area contributed by atoms with Crippen molar-refractivity contribution >= 4 is 31.1 Å². The van der Waals surface area contributed by atoms with E-state index in [4.69, 9.17) is 0 Å². The summed E-state index contributed by atoms with van der Waals surface area (Å²) in [5.41, 5.74) is 3.95. The largest absolute Gasteiger partial charge is 4.00 e. The molecule has 0 nitrogen and oxygen atoms in total. The van der Waals surface area contributed by atoms with Crippen molar-refractivity contribution in [2.75, 3.05) is 0 Å². The molecule has 0 N–H and O–H groups in total. The van der Waals surface area contributed by atoms with Crippen molar-refractivity contribution < 1.29 is 26.2 Å². The van der Waals surface area contributed by atoms with E-state index < -0.39 is 0 Å². The van der Waals surface area contributed by atoms with E-state index in [1.54, 1.807) is 0 Å². The van der Waals surface area contributed by atoms with E-state index in [9.17, 15) is 0 Å². The van der Waals surface area contributed by atoms with Crippen LogP contribution in [0.3, 0.4) is 0 Å². The topological polar surface area (TPSA) is 0 Å². The number of rotatable bonds is 1. The Morgan fingerprint density at radius 1 is 0.710 bits per heavy atom. The van der Waals surface area contributed by atoms with E-state index >= 15 is 0 Å². The third-order valence-corrected chi connectivity index (χ3v) is 4.53. The van der Waals surface area contributed by atoms with Crippen molar-refractivity contribution in [2.45, 2.75) is 20.0 Å². The maximum atomic E-state index is 2.20. The molecule has 0 heterocycles. The van der Waals surface area contributed by atoms with E-state index in [1.807, 2.05) is 0 Å². The number of hydrogen-bond acceptors (Lipinski definition) is 0. The van der Waals surface area contributed by atoms with Crippen molar-refractivity contribution in [1.29, 1.82) is 0 Å². The minimum absolute atomic E-state index is 0. The van der Waals surface area contributed by atoms with Crippen LogP contribution in [-0.4, -0.2) is 9.52 Å². The van der Waals surface area contributed by atoms with Crippen LogP contribution < -0.4 is 0 Å². The standard InChI is InChI=1S/C15H11.C10H9.C2H6Si.2CH3.Zr/c1-2-6-12(7-3-1)14-10-4-8-13-9-5-11-15(13)14;1-8-6-9-4-2-3-5-10(9)7-8;1-3-2;;;/h1-11H;2-7H,1H3;1-2H3;2*1H3;/q2*-1;;2*-1;+4. The Balaban J connectivity index is 0.000000497. The summed E-state index contributed by atoms with van der Waals surface area (Å²) in [4.78, 5) is 0. The molecule has 5 aromatic rings. The van der Waals surface area contributed by atoms with Crippen LogP contribution in [0.1, 0.15) is 5.56 Å². The van der Waals surface area contributed by atoms with Crippen molar-refractivity contribution in [3.63, 3.8) is 0 Å². The maximum absolute atomic E-state index is 2.20. The molecule has 0 aromatic heterocycles. The fraction of sp³-hybridized carbons (Fsp3) is 0.103. The van der Waals surface area contributed by atoms with Gasteiger partial charge in [-0.25, -0.2) is 0 Å². The number of fused-ring (bicyclic) bond motifs is 2. The summed E-state index contributed by atoms with van der Waals surface area (Å²) in [5, 5.41) is 5.35. The summed E-state index contributed by atoms with van der Waals surface area (Å²) in [6.07, 6.45) is 0. The second-order valence-electron chi connectivity index (χ2n) is 6.86. The summed E-state index contributed by atoms with van der Waals surface area (Å²) in [6, 6.07) is 36.2. The van der Waals surface area contributed by atoms with Crippen LogP contribution in [0.5, 0.6) is 0 Å². The van der Waals surface area contributed by atoms with Gasteiger partial charge in [0.05, 0.1) is 0 Å². The number of benzene rings is 3. The quantitative estimate of drug-likeness (QED) is 0.160. The molecule has 5 rings (SSSR count). The fourth-order valence-corrected chi connectivity index (χ4v) is 3.34. The van der Waals surface area contributed by atoms with Crippen LogP contribution in [0.2, 0.25) is 13.1 Å². The Labute approximate surface area is 211 Å². The third kappa shape index (κ3) is 7.87. The van der Waals surface area contributed by atoms with E-state index in [-0.39, 0.29) is 41.1 Å². The first-order valence-electron chi connectivity index (χ1n) is 9.63. The Morgan fingerprint density at radius 2 is 1.32 bits per heavy atom. The molecule has 0 aliphatic heterocycles. The summed E-state index contributed by atoms with van der Waals surface area (Å²) in [6.45, 7) is 6.43. The van der Waals surface area contributed by atoms with Gasteiger partial charge in [0, 0.05) is 9.52 Å². The van der Waals surface area contributed by atoms with Gasteiger partial charge in [-0.15, -0.1) is 69.6 Å². The summed E-state index contributed by atoms with van der Waals surface area (Å²) in [5.74, 6) is 0. The Hall–Kier alpha value is -2.02. The van der Waals surface area contributed by atoms with E-state index in [2.05, 4.69) is 123 Å². The molecule has 2 radical (unpaired) electrons. The molecule has 0 atom stereocenters. The van der Waals surface area contributed by atoms with Crippen LogP contribution in [-0.2, 0) is 26.2 Å². The first-order valence-corrected chi connectivity index (χ1v) is 11.6. The van der Waals surface area contributed by atoms with Crippen LogP contribution in [0, 0.1) is 21.8 Å². The molecule has 0 bridgehead atoms. The summed E-state index contributed by atoms with van der Waals surface area (Å²) < 4.78 is 0. The van der Waals surface area contributed by atoms with Crippen molar-refractivity contribution in [3.8, 4) is 11.1 Å². The molecule has 0 aliphatic rings. The van der Waals surface area contributed by atoms with Crippen molar-refractivity contribution in [2.24, 2.45) is 0 Å². The van der Waals surface area contributed by atoms with Gasteiger partial charge in [-0.05, 0) is 5.56 Å². The van der Waals surface area contributed by atoms with Gasteiger partial charge < -0.3 is 14.9 Å². The maximum Gasteiger partial charge on any atom is 4.00 e. The zero-order valence-electron chi connectivity index (χ0n) is 19.3. The fourth-order valence-electron chi connectivity index (χ4n) is 3.34. The van der Waals surface area contributed by atoms with Crippen LogP contribution in [0.25, 0.3) is 32.7 Å². The molecule has 0 aliphatic carbocycles. The predicted molar refractivity (Wildman–Crippen MR) is 140 cm³/mol. The first kappa shape index (κ1) is 29.0. The van der Waals surface area contributed by atoms with Crippen LogP contribution in [0.15, 0.2) is 103 Å². The molecule has 31 heavy (non-hydrogen) atoms. The van der Waals surface area contributed by atoms with E-state index in [1.165, 1.54) is 38.2 Å². The Morgan fingerprint density at radius 3 is 2.00 bits per heavy atom. The van der Waals surface area contributed by atoms with Gasteiger partial charge in [0.1, 0.15) is 0 Å². The molecule has 0 unspecified atom stereocenters. The third-order valence-electron chi connectivity index (χ3n) is 4.53. The SMILES string of the molecule is C[Si]C.Cc1cc2ccccc2[cH-]1.[CH3-].[CH3-].[Zr+4].c1ccc(-c2cccc3[cH-]ccc23)cc1. The average molecular weight is 500 g/mol. The molecule has 0 fully saturated rings. The molecule has 0 saturated carbocycles. The summed E-state index contributed by atoms with van der Waals surface area (Å²) in [7, 11) is 1.08. The van der Waals surface area contributed by atoms with Crippen molar-refractivity contribution in [3.05, 3.63) is 124 Å². The van der Waals surface area contributed by atoms with Gasteiger partial charge in [0.15, 0.2) is 0 Å². The smallest absolute Gasteiger partial charge is 0.358 e. The van der Waals surface area contributed by atoms with Gasteiger partial charge >= 0.3 is 26.2 Å². The minimum atomic E-state index is 0. The zero-order valence-corrected chi connectivity index (χ0v) is 22.8. The molecule has 156 valence electrons. The second-order valence-corrected chi connectivity index (χ2v) is 7.86. The van der Waals surface area contributed by atoms with Crippen molar-refractivity contribution in [1.82, 2.24) is 0 Å². The monoisotopic (exact) mass is 498 g/mol. The summed E-state index contributed by atoms with van der Waals surface area (Å²) >= 11 is 0. The zero-order chi connectivity index (χ0) is 19.8. The van der Waals surface area contributed by atoms with Gasteiger partial charge in [-0.3, -0.25) is 0 Å². The Bertz CT molecular complexity index is 1090. The van der Waals surface area contributed by atoms with Gasteiger partial charge in [0.25, 0.3) is 0 Å². The van der Waals surface area contributed by atoms with E-state index in [0.717, 1.165) is 9.52 Å². The van der Waals surface area contributed by atoms with Gasteiger partial charge in [-0.2, -0.15) is 18.2 Å². The molecule has 2 heteroatoms. The van der Waals surface area contributed by atoms with Gasteiger partial charge in [0.2, 0.25) is 0 Å². The number of aryl methyl sites for hydroxylation is 1. The molecule has 5 aromatic carbocycles.